The lowest BCUT2D eigenvalue weighted by Gasteiger charge is -2.32. The largest absolute Gasteiger partial charge is 0.264 e. The van der Waals surface area contributed by atoms with Crippen LogP contribution in [0.1, 0.15) is 17.2 Å². The third kappa shape index (κ3) is 4.11. The van der Waals surface area contributed by atoms with Gasteiger partial charge in [0.25, 0.3) is 0 Å². The average Bonchev–Trinajstić information content (AvgIpc) is 2.61. The molecule has 2 aromatic carbocycles. The van der Waals surface area contributed by atoms with Crippen molar-refractivity contribution in [1.29, 1.82) is 0 Å². The summed E-state index contributed by atoms with van der Waals surface area (Å²) in [5.74, 6) is -2.36. The Morgan fingerprint density at radius 3 is 2.15 bits per heavy atom. The van der Waals surface area contributed by atoms with Crippen LogP contribution in [0.2, 0.25) is 0 Å². The minimum Gasteiger partial charge on any atom is -0.264 e. The first-order valence-corrected chi connectivity index (χ1v) is 9.72. The van der Waals surface area contributed by atoms with Gasteiger partial charge in [0.1, 0.15) is 17.5 Å². The molecule has 1 atom stereocenters. The molecule has 3 aromatic rings. The molecule has 140 valence electrons. The summed E-state index contributed by atoms with van der Waals surface area (Å²) in [6.45, 7) is 0. The summed E-state index contributed by atoms with van der Waals surface area (Å²) < 4.78 is 67.2. The van der Waals surface area contributed by atoms with Crippen molar-refractivity contribution in [3.63, 3.8) is 0 Å². The van der Waals surface area contributed by atoms with Crippen LogP contribution < -0.4 is 4.31 Å². The predicted octanol–water partition coefficient (Wildman–Crippen LogP) is 4.05. The normalized spacial score (nSPS) is 12.6. The monoisotopic (exact) mass is 392 g/mol. The van der Waals surface area contributed by atoms with Crippen molar-refractivity contribution in [3.8, 4) is 0 Å². The van der Waals surface area contributed by atoms with E-state index in [9.17, 15) is 21.6 Å². The fourth-order valence-electron chi connectivity index (χ4n) is 2.82. The minimum atomic E-state index is -4.01. The van der Waals surface area contributed by atoms with Crippen molar-refractivity contribution in [2.45, 2.75) is 6.04 Å². The first-order valence-electron chi connectivity index (χ1n) is 7.87. The van der Waals surface area contributed by atoms with Gasteiger partial charge in [0.15, 0.2) is 0 Å². The Morgan fingerprint density at radius 2 is 1.59 bits per heavy atom. The van der Waals surface area contributed by atoms with Gasteiger partial charge >= 0.3 is 0 Å². The van der Waals surface area contributed by atoms with Crippen molar-refractivity contribution in [3.05, 3.63) is 95.6 Å². The smallest absolute Gasteiger partial charge is 0.233 e. The highest BCUT2D eigenvalue weighted by atomic mass is 32.2. The van der Waals surface area contributed by atoms with E-state index in [0.717, 1.165) is 22.7 Å². The maximum absolute atomic E-state index is 14.5. The van der Waals surface area contributed by atoms with Crippen LogP contribution in [-0.4, -0.2) is 19.7 Å². The molecular weight excluding hydrogens is 377 g/mol. The average molecular weight is 392 g/mol. The molecule has 27 heavy (non-hydrogen) atoms. The van der Waals surface area contributed by atoms with Crippen LogP contribution in [-0.2, 0) is 10.0 Å². The summed E-state index contributed by atoms with van der Waals surface area (Å²) >= 11 is 0. The number of aromatic nitrogens is 1. The number of anilines is 1. The lowest BCUT2D eigenvalue weighted by molar-refractivity contribution is 0.570. The molecule has 0 bridgehead atoms. The number of halogens is 3. The standard InChI is InChI=1S/C19H15F3N2O2S/c1-27(25,26)24(18-9-8-16(21)11-17(18)22)19(14-3-2-10-23-12-14)13-4-6-15(20)7-5-13/h2-12,19H,1H3. The van der Waals surface area contributed by atoms with E-state index in [0.29, 0.717) is 17.2 Å². The van der Waals surface area contributed by atoms with Gasteiger partial charge in [-0.1, -0.05) is 18.2 Å². The molecule has 1 heterocycles. The molecule has 0 amide bonds. The van der Waals surface area contributed by atoms with Crippen LogP contribution in [0.5, 0.6) is 0 Å². The molecule has 0 aliphatic carbocycles. The first kappa shape index (κ1) is 18.9. The fourth-order valence-corrected chi connectivity index (χ4v) is 3.95. The fraction of sp³-hybridized carbons (Fsp3) is 0.105. The van der Waals surface area contributed by atoms with Gasteiger partial charge in [-0.3, -0.25) is 9.29 Å². The molecule has 0 saturated heterocycles. The van der Waals surface area contributed by atoms with Crippen LogP contribution in [0.3, 0.4) is 0 Å². The Labute approximate surface area is 155 Å². The number of benzene rings is 2. The van der Waals surface area contributed by atoms with Crippen molar-refractivity contribution >= 4 is 15.7 Å². The van der Waals surface area contributed by atoms with Gasteiger partial charge < -0.3 is 0 Å². The number of rotatable bonds is 5. The zero-order valence-corrected chi connectivity index (χ0v) is 15.0. The highest BCUT2D eigenvalue weighted by Gasteiger charge is 2.32. The topological polar surface area (TPSA) is 50.3 Å². The second kappa shape index (κ2) is 7.40. The SMILES string of the molecule is CS(=O)(=O)N(c1ccc(F)cc1F)C(c1ccc(F)cc1)c1cccnc1. The van der Waals surface area contributed by atoms with E-state index < -0.39 is 33.5 Å². The predicted molar refractivity (Wildman–Crippen MR) is 96.2 cm³/mol. The molecular formula is C19H15F3N2O2S. The Balaban J connectivity index is 2.27. The summed E-state index contributed by atoms with van der Waals surface area (Å²) in [6.07, 6.45) is 3.87. The quantitative estimate of drug-likeness (QED) is 0.658. The molecule has 1 unspecified atom stereocenters. The van der Waals surface area contributed by atoms with Crippen LogP contribution in [0, 0.1) is 17.5 Å². The Hall–Kier alpha value is -2.87. The van der Waals surface area contributed by atoms with Gasteiger partial charge in [0, 0.05) is 18.5 Å². The second-order valence-corrected chi connectivity index (χ2v) is 7.75. The Kier molecular flexibility index (Phi) is 5.18. The summed E-state index contributed by atoms with van der Waals surface area (Å²) in [4.78, 5) is 3.99. The maximum atomic E-state index is 14.5. The number of hydrogen-bond donors (Lipinski definition) is 0. The molecule has 0 radical (unpaired) electrons. The Morgan fingerprint density at radius 1 is 0.926 bits per heavy atom. The van der Waals surface area contributed by atoms with Crippen molar-refractivity contribution in [2.24, 2.45) is 0 Å². The van der Waals surface area contributed by atoms with Crippen molar-refractivity contribution in [2.75, 3.05) is 10.6 Å². The minimum absolute atomic E-state index is 0.322. The van der Waals surface area contributed by atoms with Crippen LogP contribution in [0.4, 0.5) is 18.9 Å². The summed E-state index contributed by atoms with van der Waals surface area (Å²) in [5, 5.41) is 0. The number of pyridine rings is 1. The zero-order chi connectivity index (χ0) is 19.6. The molecule has 0 aliphatic rings. The Bertz CT molecular complexity index is 1040. The van der Waals surface area contributed by atoms with Gasteiger partial charge in [0.2, 0.25) is 10.0 Å². The van der Waals surface area contributed by atoms with Gasteiger partial charge in [0.05, 0.1) is 18.0 Å². The van der Waals surface area contributed by atoms with Gasteiger partial charge in [-0.05, 0) is 41.5 Å². The lowest BCUT2D eigenvalue weighted by atomic mass is 9.99. The van der Waals surface area contributed by atoms with Gasteiger partial charge in [-0.25, -0.2) is 21.6 Å². The van der Waals surface area contributed by atoms with Crippen molar-refractivity contribution in [1.82, 2.24) is 4.98 Å². The zero-order valence-electron chi connectivity index (χ0n) is 14.2. The summed E-state index contributed by atoms with van der Waals surface area (Å²) in [5.41, 5.74) is 0.522. The van der Waals surface area contributed by atoms with E-state index in [1.165, 1.54) is 36.7 Å². The highest BCUT2D eigenvalue weighted by molar-refractivity contribution is 7.92. The van der Waals surface area contributed by atoms with Crippen LogP contribution >= 0.6 is 0 Å². The van der Waals surface area contributed by atoms with E-state index in [2.05, 4.69) is 4.98 Å². The summed E-state index contributed by atoms with van der Waals surface area (Å²) in [7, 11) is -4.01. The molecule has 0 fully saturated rings. The number of nitrogens with zero attached hydrogens (tertiary/aromatic N) is 2. The molecule has 0 aliphatic heterocycles. The molecule has 0 spiro atoms. The van der Waals surface area contributed by atoms with E-state index in [1.807, 2.05) is 0 Å². The van der Waals surface area contributed by atoms with Crippen LogP contribution in [0.25, 0.3) is 0 Å². The van der Waals surface area contributed by atoms with Crippen molar-refractivity contribution < 1.29 is 21.6 Å². The van der Waals surface area contributed by atoms with Gasteiger partial charge in [-0.15, -0.1) is 0 Å². The third-order valence-electron chi connectivity index (χ3n) is 3.92. The van der Waals surface area contributed by atoms with E-state index in [1.54, 1.807) is 12.1 Å². The summed E-state index contributed by atoms with van der Waals surface area (Å²) in [6, 6.07) is 10.0. The first-order chi connectivity index (χ1) is 12.8. The lowest BCUT2D eigenvalue weighted by Crippen LogP contribution is -2.35. The number of hydrogen-bond acceptors (Lipinski definition) is 3. The second-order valence-electron chi connectivity index (χ2n) is 5.89. The van der Waals surface area contributed by atoms with E-state index >= 15 is 0 Å². The van der Waals surface area contributed by atoms with Gasteiger partial charge in [-0.2, -0.15) is 0 Å². The molecule has 4 nitrogen and oxygen atoms in total. The maximum Gasteiger partial charge on any atom is 0.233 e. The number of sulfonamides is 1. The third-order valence-corrected chi connectivity index (χ3v) is 5.05. The molecule has 3 rings (SSSR count). The van der Waals surface area contributed by atoms with E-state index in [4.69, 9.17) is 0 Å². The molecule has 8 heteroatoms. The molecule has 1 aromatic heterocycles. The van der Waals surface area contributed by atoms with Crippen LogP contribution in [0.15, 0.2) is 67.0 Å². The molecule has 0 saturated carbocycles. The highest BCUT2D eigenvalue weighted by Crippen LogP contribution is 2.36. The molecule has 0 N–H and O–H groups in total. The van der Waals surface area contributed by atoms with E-state index in [-0.39, 0.29) is 5.69 Å².